The van der Waals surface area contributed by atoms with Gasteiger partial charge in [0.15, 0.2) is 0 Å². The zero-order valence-electron chi connectivity index (χ0n) is 7.65. The van der Waals surface area contributed by atoms with E-state index in [-0.39, 0.29) is 0 Å². The van der Waals surface area contributed by atoms with Gasteiger partial charge in [-0.15, -0.1) is 0 Å². The largest absolute Gasteiger partial charge is 0.308 e. The van der Waals surface area contributed by atoms with Crippen LogP contribution in [0.3, 0.4) is 0 Å². The summed E-state index contributed by atoms with van der Waals surface area (Å²) in [4.78, 5) is 0. The first-order chi connectivity index (χ1) is 5.20. The Labute approximate surface area is 69.3 Å². The Morgan fingerprint density at radius 3 is 2.27 bits per heavy atom. The molecular formula is C10H17N. The van der Waals surface area contributed by atoms with Gasteiger partial charge in [0, 0.05) is 6.21 Å². The van der Waals surface area contributed by atoms with Gasteiger partial charge in [-0.25, -0.2) is 0 Å². The van der Waals surface area contributed by atoms with Crippen LogP contribution in [0.4, 0.5) is 0 Å². The Kier molecular flexibility index (Phi) is 5.44. The SMILES string of the molecule is CCC/C(C=N)=C/C=C(C)C. The average molecular weight is 151 g/mol. The molecule has 62 valence electrons. The van der Waals surface area contributed by atoms with Crippen LogP contribution in [0.5, 0.6) is 0 Å². The van der Waals surface area contributed by atoms with E-state index in [1.54, 1.807) is 0 Å². The molecule has 0 fully saturated rings. The molecule has 0 aromatic rings. The van der Waals surface area contributed by atoms with Crippen LogP contribution in [-0.2, 0) is 0 Å². The molecule has 0 saturated heterocycles. The molecular weight excluding hydrogens is 134 g/mol. The topological polar surface area (TPSA) is 23.9 Å². The maximum atomic E-state index is 7.08. The van der Waals surface area contributed by atoms with Gasteiger partial charge in [0.2, 0.25) is 0 Å². The lowest BCUT2D eigenvalue weighted by molar-refractivity contribution is 0.938. The highest BCUT2D eigenvalue weighted by Gasteiger charge is 1.87. The molecule has 0 bridgehead atoms. The van der Waals surface area contributed by atoms with Crippen LogP contribution in [0.25, 0.3) is 0 Å². The van der Waals surface area contributed by atoms with Crippen molar-refractivity contribution in [1.29, 1.82) is 5.41 Å². The van der Waals surface area contributed by atoms with Gasteiger partial charge in [-0.2, -0.15) is 0 Å². The molecule has 0 amide bonds. The van der Waals surface area contributed by atoms with Gasteiger partial charge in [-0.05, 0) is 25.8 Å². The lowest BCUT2D eigenvalue weighted by Gasteiger charge is -1.94. The van der Waals surface area contributed by atoms with E-state index in [4.69, 9.17) is 5.41 Å². The van der Waals surface area contributed by atoms with Crippen LogP contribution in [0.15, 0.2) is 23.3 Å². The molecule has 0 atom stereocenters. The fourth-order valence-electron chi connectivity index (χ4n) is 0.766. The lowest BCUT2D eigenvalue weighted by Crippen LogP contribution is -1.81. The van der Waals surface area contributed by atoms with E-state index < -0.39 is 0 Å². The molecule has 0 radical (unpaired) electrons. The Balaban J connectivity index is 4.11. The third kappa shape index (κ3) is 5.59. The minimum atomic E-state index is 1.01. The summed E-state index contributed by atoms with van der Waals surface area (Å²) < 4.78 is 0. The summed E-state index contributed by atoms with van der Waals surface area (Å²) in [6.45, 7) is 6.24. The highest BCUT2D eigenvalue weighted by molar-refractivity contribution is 5.76. The van der Waals surface area contributed by atoms with Crippen molar-refractivity contribution in [2.75, 3.05) is 0 Å². The summed E-state index contributed by atoms with van der Waals surface area (Å²) in [7, 11) is 0. The second-order valence-corrected chi connectivity index (χ2v) is 2.88. The average Bonchev–Trinajstić information content (AvgIpc) is 1.97. The van der Waals surface area contributed by atoms with Gasteiger partial charge in [0.1, 0.15) is 0 Å². The minimum absolute atomic E-state index is 1.01. The Morgan fingerprint density at radius 2 is 1.91 bits per heavy atom. The quantitative estimate of drug-likeness (QED) is 0.470. The van der Waals surface area contributed by atoms with Gasteiger partial charge >= 0.3 is 0 Å². The van der Waals surface area contributed by atoms with Gasteiger partial charge in [-0.1, -0.05) is 31.1 Å². The van der Waals surface area contributed by atoms with Crippen LogP contribution in [0, 0.1) is 5.41 Å². The fraction of sp³-hybridized carbons (Fsp3) is 0.500. The van der Waals surface area contributed by atoms with Crippen molar-refractivity contribution >= 4 is 6.21 Å². The maximum absolute atomic E-state index is 7.08. The standard InChI is InChI=1S/C10H17N/c1-4-5-10(8-11)7-6-9(2)3/h6-8,11H,4-5H2,1-3H3/b10-7-,11-8?. The molecule has 0 aliphatic carbocycles. The smallest absolute Gasteiger partial charge is 0.0209 e. The van der Waals surface area contributed by atoms with Crippen LogP contribution < -0.4 is 0 Å². The molecule has 0 saturated carbocycles. The second-order valence-electron chi connectivity index (χ2n) is 2.88. The van der Waals surface area contributed by atoms with E-state index in [0.717, 1.165) is 18.4 Å². The summed E-state index contributed by atoms with van der Waals surface area (Å²) in [5.41, 5.74) is 2.38. The van der Waals surface area contributed by atoms with Crippen molar-refractivity contribution in [2.45, 2.75) is 33.6 Å². The molecule has 1 N–H and O–H groups in total. The lowest BCUT2D eigenvalue weighted by atomic mass is 10.1. The highest BCUT2D eigenvalue weighted by Crippen LogP contribution is 2.02. The zero-order chi connectivity index (χ0) is 8.69. The van der Waals surface area contributed by atoms with Gasteiger partial charge in [0.25, 0.3) is 0 Å². The van der Waals surface area contributed by atoms with E-state index in [1.807, 2.05) is 6.08 Å². The summed E-state index contributed by atoms with van der Waals surface area (Å²) in [5.74, 6) is 0. The van der Waals surface area contributed by atoms with Crippen molar-refractivity contribution in [3.05, 3.63) is 23.3 Å². The van der Waals surface area contributed by atoms with Gasteiger partial charge in [-0.3, -0.25) is 0 Å². The van der Waals surface area contributed by atoms with Crippen LogP contribution >= 0.6 is 0 Å². The Bertz CT molecular complexity index is 171. The van der Waals surface area contributed by atoms with E-state index in [0.29, 0.717) is 0 Å². The predicted molar refractivity (Wildman–Crippen MR) is 51.2 cm³/mol. The molecule has 0 aliphatic rings. The summed E-state index contributed by atoms with van der Waals surface area (Å²) >= 11 is 0. The van der Waals surface area contributed by atoms with Crippen molar-refractivity contribution in [3.63, 3.8) is 0 Å². The van der Waals surface area contributed by atoms with Crippen molar-refractivity contribution in [2.24, 2.45) is 0 Å². The molecule has 1 nitrogen and oxygen atoms in total. The third-order valence-corrected chi connectivity index (χ3v) is 1.35. The fourth-order valence-corrected chi connectivity index (χ4v) is 0.766. The number of allylic oxidation sites excluding steroid dienone is 4. The first kappa shape index (κ1) is 10.2. The normalized spacial score (nSPS) is 11.0. The molecule has 0 unspecified atom stereocenters. The van der Waals surface area contributed by atoms with Crippen LogP contribution in [0.1, 0.15) is 33.6 Å². The molecule has 0 aliphatic heterocycles. The van der Waals surface area contributed by atoms with E-state index in [2.05, 4.69) is 26.8 Å². The molecule has 0 aromatic heterocycles. The molecule has 0 rings (SSSR count). The van der Waals surface area contributed by atoms with Crippen LogP contribution in [0.2, 0.25) is 0 Å². The van der Waals surface area contributed by atoms with E-state index in [1.165, 1.54) is 11.8 Å². The van der Waals surface area contributed by atoms with E-state index in [9.17, 15) is 0 Å². The first-order valence-corrected chi connectivity index (χ1v) is 4.05. The number of nitrogens with one attached hydrogen (secondary N) is 1. The molecule has 1 heteroatoms. The Hall–Kier alpha value is -0.850. The maximum Gasteiger partial charge on any atom is 0.0209 e. The number of hydrogen-bond acceptors (Lipinski definition) is 1. The highest BCUT2D eigenvalue weighted by atomic mass is 14.3. The molecule has 0 heterocycles. The summed E-state index contributed by atoms with van der Waals surface area (Å²) in [6.07, 6.45) is 7.62. The van der Waals surface area contributed by atoms with Crippen LogP contribution in [-0.4, -0.2) is 6.21 Å². The summed E-state index contributed by atoms with van der Waals surface area (Å²) in [5, 5.41) is 7.08. The minimum Gasteiger partial charge on any atom is -0.308 e. The summed E-state index contributed by atoms with van der Waals surface area (Å²) in [6, 6.07) is 0. The molecule has 11 heavy (non-hydrogen) atoms. The number of hydrogen-bond donors (Lipinski definition) is 1. The van der Waals surface area contributed by atoms with Gasteiger partial charge in [0.05, 0.1) is 0 Å². The van der Waals surface area contributed by atoms with Crippen molar-refractivity contribution in [3.8, 4) is 0 Å². The van der Waals surface area contributed by atoms with E-state index >= 15 is 0 Å². The number of rotatable bonds is 4. The predicted octanol–water partition coefficient (Wildman–Crippen LogP) is 3.33. The zero-order valence-corrected chi connectivity index (χ0v) is 7.65. The molecule has 0 spiro atoms. The van der Waals surface area contributed by atoms with Crippen molar-refractivity contribution in [1.82, 2.24) is 0 Å². The van der Waals surface area contributed by atoms with Gasteiger partial charge < -0.3 is 5.41 Å². The third-order valence-electron chi connectivity index (χ3n) is 1.35. The Morgan fingerprint density at radius 1 is 1.27 bits per heavy atom. The second kappa shape index (κ2) is 5.90. The van der Waals surface area contributed by atoms with Crippen molar-refractivity contribution < 1.29 is 0 Å². The first-order valence-electron chi connectivity index (χ1n) is 4.05. The molecule has 0 aromatic carbocycles. The monoisotopic (exact) mass is 151 g/mol.